The number of aryl methyl sites for hydroxylation is 1. The van der Waals surface area contributed by atoms with Crippen LogP contribution in [0.3, 0.4) is 0 Å². The number of hydrogen-bond acceptors (Lipinski definition) is 5. The molecule has 1 aliphatic heterocycles. The Morgan fingerprint density at radius 3 is 2.56 bits per heavy atom. The lowest BCUT2D eigenvalue weighted by Gasteiger charge is -2.38. The minimum Gasteiger partial charge on any atom is -0.397 e. The van der Waals surface area contributed by atoms with Crippen molar-refractivity contribution in [3.05, 3.63) is 77.7 Å². The fourth-order valence-electron chi connectivity index (χ4n) is 5.33. The molecule has 1 amide bonds. The number of nitrogens with zero attached hydrogens (tertiary/aromatic N) is 5. The maximum absolute atomic E-state index is 12.2. The number of piperidine rings is 1. The van der Waals surface area contributed by atoms with E-state index < -0.39 is 0 Å². The van der Waals surface area contributed by atoms with Crippen LogP contribution in [-0.2, 0) is 13.6 Å². The molecule has 0 radical (unpaired) electrons. The number of anilines is 1. The molecule has 7 nitrogen and oxygen atoms in total. The van der Waals surface area contributed by atoms with E-state index in [4.69, 9.17) is 5.73 Å². The summed E-state index contributed by atoms with van der Waals surface area (Å²) in [7, 11) is 5.67. The molecule has 2 N–H and O–H groups in total. The van der Waals surface area contributed by atoms with Gasteiger partial charge >= 0.3 is 0 Å². The van der Waals surface area contributed by atoms with Gasteiger partial charge in [0.2, 0.25) is 0 Å². The summed E-state index contributed by atoms with van der Waals surface area (Å²) in [6.07, 6.45) is 5.76. The van der Waals surface area contributed by atoms with Gasteiger partial charge in [0.15, 0.2) is 0 Å². The summed E-state index contributed by atoms with van der Waals surface area (Å²) in [6, 6.07) is 16.8. The highest BCUT2D eigenvalue weighted by Gasteiger charge is 2.27. The second-order valence-electron chi connectivity index (χ2n) is 10.1. The average molecular weight is 483 g/mol. The van der Waals surface area contributed by atoms with E-state index in [1.807, 2.05) is 36.5 Å². The van der Waals surface area contributed by atoms with Gasteiger partial charge in [-0.2, -0.15) is 0 Å². The number of amides is 1. The molecule has 7 heteroatoms. The summed E-state index contributed by atoms with van der Waals surface area (Å²) < 4.78 is 2.20. The monoisotopic (exact) mass is 482 g/mol. The maximum Gasteiger partial charge on any atom is 0.253 e. The highest BCUT2D eigenvalue weighted by Crippen LogP contribution is 2.34. The van der Waals surface area contributed by atoms with E-state index in [9.17, 15) is 4.79 Å². The van der Waals surface area contributed by atoms with Crippen LogP contribution in [0.25, 0.3) is 22.3 Å². The summed E-state index contributed by atoms with van der Waals surface area (Å²) in [5.74, 6) is 0.557. The molecule has 4 heterocycles. The van der Waals surface area contributed by atoms with Crippen molar-refractivity contribution in [3.63, 3.8) is 0 Å². The van der Waals surface area contributed by atoms with E-state index in [1.165, 1.54) is 11.3 Å². The summed E-state index contributed by atoms with van der Waals surface area (Å²) in [5.41, 5.74) is 12.8. The maximum atomic E-state index is 12.2. The van der Waals surface area contributed by atoms with E-state index in [-0.39, 0.29) is 5.91 Å². The normalized spacial score (nSPS) is 18.4. The number of fused-ring (bicyclic) bond motifs is 1. The third kappa shape index (κ3) is 4.58. The first-order chi connectivity index (χ1) is 17.3. The Morgan fingerprint density at radius 1 is 1.11 bits per heavy atom. The third-order valence-corrected chi connectivity index (χ3v) is 7.50. The molecule has 4 aromatic rings. The van der Waals surface area contributed by atoms with Crippen LogP contribution in [0.15, 0.2) is 60.9 Å². The number of aromatic nitrogens is 3. The fourth-order valence-corrected chi connectivity index (χ4v) is 5.33. The molecule has 186 valence electrons. The molecule has 1 saturated heterocycles. The van der Waals surface area contributed by atoms with Crippen molar-refractivity contribution in [2.24, 2.45) is 7.05 Å². The lowest BCUT2D eigenvalue weighted by molar-refractivity contribution is 0.0827. The number of hydrogen-bond donors (Lipinski definition) is 1. The smallest absolute Gasteiger partial charge is 0.253 e. The summed E-state index contributed by atoms with van der Waals surface area (Å²) in [5, 5.41) is 1.11. The Labute approximate surface area is 212 Å². The quantitative estimate of drug-likeness (QED) is 0.446. The highest BCUT2D eigenvalue weighted by atomic mass is 16.2. The fraction of sp³-hybridized carbons (Fsp3) is 0.345. The van der Waals surface area contributed by atoms with Crippen molar-refractivity contribution >= 4 is 22.6 Å². The van der Waals surface area contributed by atoms with Crippen molar-refractivity contribution in [3.8, 4) is 11.3 Å². The first-order valence-corrected chi connectivity index (χ1v) is 12.5. The Morgan fingerprint density at radius 2 is 1.89 bits per heavy atom. The van der Waals surface area contributed by atoms with Crippen LogP contribution < -0.4 is 5.73 Å². The summed E-state index contributed by atoms with van der Waals surface area (Å²) >= 11 is 0. The van der Waals surface area contributed by atoms with Crippen LogP contribution in [0.2, 0.25) is 0 Å². The molecule has 1 aliphatic rings. The van der Waals surface area contributed by atoms with Crippen molar-refractivity contribution in [2.45, 2.75) is 38.3 Å². The van der Waals surface area contributed by atoms with E-state index in [0.29, 0.717) is 17.6 Å². The Bertz CT molecular complexity index is 1370. The minimum atomic E-state index is 0.0458. The van der Waals surface area contributed by atoms with Crippen molar-refractivity contribution in [2.75, 3.05) is 26.4 Å². The van der Waals surface area contributed by atoms with Gasteiger partial charge < -0.3 is 15.2 Å². The number of benzene rings is 1. The number of carbonyl (C=O) groups excluding carboxylic acids is 1. The van der Waals surface area contributed by atoms with Crippen molar-refractivity contribution in [1.82, 2.24) is 24.3 Å². The second kappa shape index (κ2) is 9.74. The van der Waals surface area contributed by atoms with Gasteiger partial charge in [-0.3, -0.25) is 14.7 Å². The van der Waals surface area contributed by atoms with Crippen LogP contribution >= 0.6 is 0 Å². The van der Waals surface area contributed by atoms with Crippen molar-refractivity contribution in [1.29, 1.82) is 0 Å². The molecule has 1 aromatic carbocycles. The second-order valence-corrected chi connectivity index (χ2v) is 10.1. The number of likely N-dealkylation sites (tertiary alicyclic amines) is 1. The number of carbonyl (C=O) groups is 1. The molecule has 0 spiro atoms. The van der Waals surface area contributed by atoms with Gasteiger partial charge in [0.05, 0.1) is 17.6 Å². The molecule has 0 saturated carbocycles. The largest absolute Gasteiger partial charge is 0.397 e. The first kappa shape index (κ1) is 24.0. The molecule has 0 bridgehead atoms. The Kier molecular flexibility index (Phi) is 6.49. The molecule has 2 atom stereocenters. The van der Waals surface area contributed by atoms with E-state index in [0.717, 1.165) is 53.8 Å². The molecule has 0 aliphatic carbocycles. The predicted molar refractivity (Wildman–Crippen MR) is 145 cm³/mol. The van der Waals surface area contributed by atoms with Gasteiger partial charge in [-0.15, -0.1) is 0 Å². The molecule has 1 fully saturated rings. The number of nitrogens with two attached hydrogens (primary N) is 1. The SMILES string of the molecule is C[C@H]1C[C@@H](c2ccc(C(=O)N(C)C)cc2)CCN1Cc1cc2c(-c3ccc(N)cn3)ccnc2n1C. The van der Waals surface area contributed by atoms with Crippen LogP contribution in [0, 0.1) is 0 Å². The zero-order valence-corrected chi connectivity index (χ0v) is 21.5. The van der Waals surface area contributed by atoms with Gasteiger partial charge in [-0.25, -0.2) is 4.98 Å². The minimum absolute atomic E-state index is 0.0458. The lowest BCUT2D eigenvalue weighted by atomic mass is 9.85. The highest BCUT2D eigenvalue weighted by molar-refractivity contribution is 5.94. The van der Waals surface area contributed by atoms with Crippen molar-refractivity contribution < 1.29 is 4.79 Å². The van der Waals surface area contributed by atoms with E-state index >= 15 is 0 Å². The average Bonchev–Trinajstić information content (AvgIpc) is 3.20. The summed E-state index contributed by atoms with van der Waals surface area (Å²) in [6.45, 7) is 4.23. The van der Waals surface area contributed by atoms with Gasteiger partial charge in [0.1, 0.15) is 5.65 Å². The molecule has 5 rings (SSSR count). The summed E-state index contributed by atoms with van der Waals surface area (Å²) in [4.78, 5) is 25.6. The predicted octanol–water partition coefficient (Wildman–Crippen LogP) is 4.69. The molecular formula is C29H34N6O. The van der Waals surface area contributed by atoms with Crippen LogP contribution in [-0.4, -0.2) is 56.9 Å². The molecule has 3 aromatic heterocycles. The molecule has 36 heavy (non-hydrogen) atoms. The van der Waals surface area contributed by atoms with Gasteiger partial charge in [-0.05, 0) is 74.2 Å². The number of nitrogen functional groups attached to an aromatic ring is 1. The first-order valence-electron chi connectivity index (χ1n) is 12.5. The number of pyridine rings is 2. The van der Waals surface area contributed by atoms with Gasteiger partial charge in [-0.1, -0.05) is 12.1 Å². The van der Waals surface area contributed by atoms with Gasteiger partial charge in [0.25, 0.3) is 5.91 Å². The molecular weight excluding hydrogens is 448 g/mol. The van der Waals surface area contributed by atoms with Gasteiger partial charge in [0, 0.05) is 62.1 Å². The zero-order valence-electron chi connectivity index (χ0n) is 21.5. The van der Waals surface area contributed by atoms with E-state index in [2.05, 4.69) is 51.6 Å². The lowest BCUT2D eigenvalue weighted by Crippen LogP contribution is -2.39. The van der Waals surface area contributed by atoms with E-state index in [1.54, 1.807) is 25.2 Å². The van der Waals surface area contributed by atoms with Crippen LogP contribution in [0.5, 0.6) is 0 Å². The van der Waals surface area contributed by atoms with Crippen LogP contribution in [0.1, 0.15) is 47.3 Å². The zero-order chi connectivity index (χ0) is 25.4. The Balaban J connectivity index is 1.31. The third-order valence-electron chi connectivity index (χ3n) is 7.50. The Hall–Kier alpha value is -3.71. The molecule has 0 unspecified atom stereocenters. The van der Waals surface area contributed by atoms with Crippen LogP contribution in [0.4, 0.5) is 5.69 Å². The standard InChI is InChI=1S/C29H34N6O/c1-19-15-22(20-5-7-21(8-6-20)29(36)33(2)3)12-14-35(19)18-24-16-26-25(11-13-31-28(26)34(24)4)27-10-9-23(30)17-32-27/h5-11,13,16-17,19,22H,12,14-15,18,30H2,1-4H3/t19-,22-/m0/s1. The topological polar surface area (TPSA) is 80.3 Å². The number of rotatable bonds is 5.